The Morgan fingerprint density at radius 3 is 2.59 bits per heavy atom. The first-order valence-electron chi connectivity index (χ1n) is 7.61. The lowest BCUT2D eigenvalue weighted by Crippen LogP contribution is -2.39. The molecule has 0 aliphatic heterocycles. The van der Waals surface area contributed by atoms with Gasteiger partial charge in [-0.05, 0) is 26.2 Å². The zero-order chi connectivity index (χ0) is 16.3. The maximum Gasteiger partial charge on any atom is 0.332 e. The molecule has 0 aliphatic rings. The minimum atomic E-state index is -0.332. The minimum absolute atomic E-state index is 0.170. The summed E-state index contributed by atoms with van der Waals surface area (Å²) in [7, 11) is 1.63. The van der Waals surface area contributed by atoms with Crippen molar-refractivity contribution in [2.75, 3.05) is 0 Å². The van der Waals surface area contributed by atoms with Crippen LogP contribution in [0, 0.1) is 0 Å². The van der Waals surface area contributed by atoms with Crippen molar-refractivity contribution in [2.45, 2.75) is 52.6 Å². The molecular formula is C15H22N4O3. The molecule has 120 valence electrons. The van der Waals surface area contributed by atoms with Crippen LogP contribution < -0.4 is 11.2 Å². The number of hydrogen-bond donors (Lipinski definition) is 0. The SMILES string of the molecule is CCCn1c(=O)c2c(ncn2CCCCC(C)=O)n(C)c1=O. The fourth-order valence-electron chi connectivity index (χ4n) is 2.57. The normalized spacial score (nSPS) is 11.2. The van der Waals surface area contributed by atoms with Gasteiger partial charge in [0.25, 0.3) is 5.56 Å². The Morgan fingerprint density at radius 1 is 1.23 bits per heavy atom. The third-order valence-corrected chi connectivity index (χ3v) is 3.73. The fourth-order valence-corrected chi connectivity index (χ4v) is 2.57. The van der Waals surface area contributed by atoms with Gasteiger partial charge >= 0.3 is 5.69 Å². The lowest BCUT2D eigenvalue weighted by Gasteiger charge is -2.08. The van der Waals surface area contributed by atoms with Gasteiger partial charge < -0.3 is 9.36 Å². The smallest absolute Gasteiger partial charge is 0.325 e. The molecule has 2 rings (SSSR count). The second-order valence-electron chi connectivity index (χ2n) is 5.57. The van der Waals surface area contributed by atoms with E-state index >= 15 is 0 Å². The molecule has 0 saturated carbocycles. The van der Waals surface area contributed by atoms with Gasteiger partial charge in [0.2, 0.25) is 0 Å². The second kappa shape index (κ2) is 6.72. The van der Waals surface area contributed by atoms with Crippen LogP contribution in [0.5, 0.6) is 0 Å². The Bertz CT molecular complexity index is 797. The lowest BCUT2D eigenvalue weighted by molar-refractivity contribution is -0.117. The van der Waals surface area contributed by atoms with Crippen LogP contribution in [0.1, 0.15) is 39.5 Å². The number of aromatic nitrogens is 4. The summed E-state index contributed by atoms with van der Waals surface area (Å²) in [5.74, 6) is 0.170. The average Bonchev–Trinajstić information content (AvgIpc) is 2.90. The Labute approximate surface area is 128 Å². The number of Topliss-reactive ketones (excluding diaryl/α,β-unsaturated/α-hetero) is 1. The molecule has 0 N–H and O–H groups in total. The fraction of sp³-hybridized carbons (Fsp3) is 0.600. The van der Waals surface area contributed by atoms with E-state index in [0.717, 1.165) is 12.8 Å². The summed E-state index contributed by atoms with van der Waals surface area (Å²) in [6, 6.07) is 0. The number of fused-ring (bicyclic) bond motifs is 1. The standard InChI is InChI=1S/C15H22N4O3/c1-4-8-19-14(21)12-13(17(3)15(19)22)16-10-18(12)9-6-5-7-11(2)20/h10H,4-9H2,1-3H3. The van der Waals surface area contributed by atoms with Gasteiger partial charge in [-0.25, -0.2) is 9.78 Å². The molecule has 0 aromatic carbocycles. The minimum Gasteiger partial charge on any atom is -0.325 e. The van der Waals surface area contributed by atoms with Gasteiger partial charge in [0.05, 0.1) is 6.33 Å². The lowest BCUT2D eigenvalue weighted by atomic mass is 10.2. The van der Waals surface area contributed by atoms with E-state index in [0.29, 0.717) is 37.1 Å². The molecule has 0 bridgehead atoms. The van der Waals surface area contributed by atoms with Crippen molar-refractivity contribution in [1.82, 2.24) is 18.7 Å². The highest BCUT2D eigenvalue weighted by molar-refractivity contribution is 5.75. The van der Waals surface area contributed by atoms with Crippen LogP contribution in [-0.2, 0) is 24.9 Å². The molecule has 7 heteroatoms. The van der Waals surface area contributed by atoms with Crippen LogP contribution in [0.4, 0.5) is 0 Å². The Kier molecular flexibility index (Phi) is 4.95. The third-order valence-electron chi connectivity index (χ3n) is 3.73. The van der Waals surface area contributed by atoms with Crippen molar-refractivity contribution in [3.63, 3.8) is 0 Å². The summed E-state index contributed by atoms with van der Waals surface area (Å²) in [5.41, 5.74) is 0.248. The summed E-state index contributed by atoms with van der Waals surface area (Å²) in [5, 5.41) is 0. The van der Waals surface area contributed by atoms with E-state index < -0.39 is 0 Å². The third kappa shape index (κ3) is 3.03. The van der Waals surface area contributed by atoms with Crippen LogP contribution in [0.15, 0.2) is 15.9 Å². The van der Waals surface area contributed by atoms with E-state index in [1.54, 1.807) is 24.9 Å². The summed E-state index contributed by atoms with van der Waals surface area (Å²) in [6.07, 6.45) is 4.43. The van der Waals surface area contributed by atoms with E-state index in [1.165, 1.54) is 9.13 Å². The molecule has 2 aromatic heterocycles. The number of rotatable bonds is 7. The van der Waals surface area contributed by atoms with Crippen molar-refractivity contribution in [1.29, 1.82) is 0 Å². The predicted octanol–water partition coefficient (Wildman–Crippen LogP) is 1.07. The molecule has 2 aromatic rings. The summed E-state index contributed by atoms with van der Waals surface area (Å²) >= 11 is 0. The molecule has 0 spiro atoms. The first kappa shape index (κ1) is 16.2. The maximum atomic E-state index is 12.5. The Balaban J connectivity index is 2.39. The molecule has 7 nitrogen and oxygen atoms in total. The topological polar surface area (TPSA) is 78.9 Å². The first-order chi connectivity index (χ1) is 10.5. The monoisotopic (exact) mass is 306 g/mol. The Morgan fingerprint density at radius 2 is 1.95 bits per heavy atom. The van der Waals surface area contributed by atoms with Crippen LogP contribution >= 0.6 is 0 Å². The number of nitrogens with zero attached hydrogens (tertiary/aromatic N) is 4. The molecule has 0 atom stereocenters. The molecule has 0 saturated heterocycles. The van der Waals surface area contributed by atoms with Crippen LogP contribution in [-0.4, -0.2) is 24.5 Å². The zero-order valence-corrected chi connectivity index (χ0v) is 13.3. The van der Waals surface area contributed by atoms with Crippen molar-refractivity contribution in [3.8, 4) is 0 Å². The van der Waals surface area contributed by atoms with Gasteiger partial charge in [-0.3, -0.25) is 13.9 Å². The van der Waals surface area contributed by atoms with Gasteiger partial charge in [-0.1, -0.05) is 6.92 Å². The molecule has 0 fully saturated rings. The summed E-state index contributed by atoms with van der Waals surface area (Å²) < 4.78 is 4.46. The Hall–Kier alpha value is -2.18. The number of imidazole rings is 1. The average molecular weight is 306 g/mol. The van der Waals surface area contributed by atoms with Crippen molar-refractivity contribution < 1.29 is 4.79 Å². The van der Waals surface area contributed by atoms with Crippen molar-refractivity contribution in [2.24, 2.45) is 7.05 Å². The van der Waals surface area contributed by atoms with E-state index in [9.17, 15) is 14.4 Å². The molecule has 22 heavy (non-hydrogen) atoms. The largest absolute Gasteiger partial charge is 0.332 e. The molecule has 0 radical (unpaired) electrons. The van der Waals surface area contributed by atoms with E-state index in [4.69, 9.17) is 0 Å². The number of hydrogen-bond acceptors (Lipinski definition) is 4. The van der Waals surface area contributed by atoms with Gasteiger partial charge in [0.15, 0.2) is 11.2 Å². The van der Waals surface area contributed by atoms with Gasteiger partial charge in [-0.15, -0.1) is 0 Å². The van der Waals surface area contributed by atoms with Crippen LogP contribution in [0.3, 0.4) is 0 Å². The zero-order valence-electron chi connectivity index (χ0n) is 13.3. The predicted molar refractivity (Wildman–Crippen MR) is 84.1 cm³/mol. The molecule has 2 heterocycles. The van der Waals surface area contributed by atoms with E-state index in [-0.39, 0.29) is 17.0 Å². The summed E-state index contributed by atoms with van der Waals surface area (Å²) in [6.45, 7) is 4.52. The van der Waals surface area contributed by atoms with Gasteiger partial charge in [0, 0.05) is 26.6 Å². The first-order valence-corrected chi connectivity index (χ1v) is 7.61. The van der Waals surface area contributed by atoms with Crippen molar-refractivity contribution >= 4 is 16.9 Å². The molecule has 0 unspecified atom stereocenters. The van der Waals surface area contributed by atoms with E-state index in [2.05, 4.69) is 4.98 Å². The highest BCUT2D eigenvalue weighted by Gasteiger charge is 2.15. The maximum absolute atomic E-state index is 12.5. The number of unbranched alkanes of at least 4 members (excludes halogenated alkanes) is 1. The number of aryl methyl sites for hydroxylation is 2. The molecule has 0 aliphatic carbocycles. The van der Waals surface area contributed by atoms with Gasteiger partial charge in [-0.2, -0.15) is 0 Å². The molecular weight excluding hydrogens is 284 g/mol. The molecule has 0 amide bonds. The van der Waals surface area contributed by atoms with Crippen LogP contribution in [0.25, 0.3) is 11.2 Å². The van der Waals surface area contributed by atoms with E-state index in [1.807, 2.05) is 6.92 Å². The van der Waals surface area contributed by atoms with Crippen LogP contribution in [0.2, 0.25) is 0 Å². The highest BCUT2D eigenvalue weighted by Crippen LogP contribution is 2.08. The van der Waals surface area contributed by atoms with Gasteiger partial charge in [0.1, 0.15) is 5.78 Å². The number of carbonyl (C=O) groups excluding carboxylic acids is 1. The number of ketones is 1. The van der Waals surface area contributed by atoms with Crippen molar-refractivity contribution in [3.05, 3.63) is 27.2 Å². The second-order valence-corrected chi connectivity index (χ2v) is 5.57. The highest BCUT2D eigenvalue weighted by atomic mass is 16.2. The summed E-state index contributed by atoms with van der Waals surface area (Å²) in [4.78, 5) is 39.9. The number of carbonyl (C=O) groups is 1. The quantitative estimate of drug-likeness (QED) is 0.717.